The lowest BCUT2D eigenvalue weighted by Gasteiger charge is -2.19. The Balaban J connectivity index is 2.98. The van der Waals surface area contributed by atoms with E-state index in [9.17, 15) is 9.67 Å². The lowest BCUT2D eigenvalue weighted by molar-refractivity contribution is 0.176. The lowest BCUT2D eigenvalue weighted by atomic mass is 10.2. The van der Waals surface area contributed by atoms with Crippen molar-refractivity contribution in [2.45, 2.75) is 12.8 Å². The first-order valence-corrected chi connectivity index (χ1v) is 6.10. The summed E-state index contributed by atoms with van der Waals surface area (Å²) in [6.07, 6.45) is 0. The van der Waals surface area contributed by atoms with Crippen LogP contribution < -0.4 is 0 Å². The van der Waals surface area contributed by atoms with E-state index in [1.165, 1.54) is 14.2 Å². The Kier molecular flexibility index (Phi) is 4.05. The highest BCUT2D eigenvalue weighted by atomic mass is 31.2. The highest BCUT2D eigenvalue weighted by Crippen LogP contribution is 2.58. The molecule has 0 unspecified atom stereocenters. The van der Waals surface area contributed by atoms with E-state index in [0.29, 0.717) is 5.56 Å². The number of rotatable bonds is 4. The molecule has 5 heteroatoms. The van der Waals surface area contributed by atoms with Crippen molar-refractivity contribution >= 4 is 7.60 Å². The summed E-state index contributed by atoms with van der Waals surface area (Å²) in [7, 11) is -0.950. The van der Waals surface area contributed by atoms with E-state index in [1.54, 1.807) is 12.1 Å². The largest absolute Gasteiger partial charge is 0.376 e. The Labute approximate surface area is 89.4 Å². The van der Waals surface area contributed by atoms with Gasteiger partial charge in [0.2, 0.25) is 0 Å². The van der Waals surface area contributed by atoms with Crippen LogP contribution in [0.25, 0.3) is 0 Å². The maximum atomic E-state index is 11.8. The molecule has 0 saturated carbocycles. The molecule has 0 heterocycles. The Morgan fingerprint density at radius 2 is 1.67 bits per heavy atom. The minimum absolute atomic E-state index is 0.521. The molecule has 1 aromatic carbocycles. The lowest BCUT2D eigenvalue weighted by Crippen LogP contribution is -2.02. The average Bonchev–Trinajstić information content (AvgIpc) is 2.28. The van der Waals surface area contributed by atoms with Gasteiger partial charge in [0.15, 0.2) is 5.85 Å². The molecule has 0 radical (unpaired) electrons. The SMILES string of the molecule is COP(=O)(OC)[C@@H](O)c1ccc(C)cc1. The highest BCUT2D eigenvalue weighted by Gasteiger charge is 2.33. The zero-order chi connectivity index (χ0) is 11.5. The molecule has 1 aromatic rings. The van der Waals surface area contributed by atoms with Gasteiger partial charge in [0.1, 0.15) is 0 Å². The standard InChI is InChI=1S/C10H15O4P/c1-8-4-6-9(7-5-8)10(11)15(12,13-2)14-3/h4-7,10-11H,1-3H3/t10-/m1/s1. The topological polar surface area (TPSA) is 55.8 Å². The first-order valence-electron chi connectivity index (χ1n) is 4.49. The van der Waals surface area contributed by atoms with Crippen molar-refractivity contribution in [3.63, 3.8) is 0 Å². The molecular formula is C10H15O4P. The van der Waals surface area contributed by atoms with Crippen LogP contribution in [-0.4, -0.2) is 19.3 Å². The number of aliphatic hydroxyl groups excluding tert-OH is 1. The molecule has 1 N–H and O–H groups in total. The van der Waals surface area contributed by atoms with Gasteiger partial charge in [-0.2, -0.15) is 0 Å². The molecule has 0 amide bonds. The van der Waals surface area contributed by atoms with Gasteiger partial charge in [0, 0.05) is 14.2 Å². The molecule has 0 aliphatic carbocycles. The summed E-state index contributed by atoms with van der Waals surface area (Å²) in [5, 5.41) is 9.82. The third-order valence-corrected chi connectivity index (χ3v) is 4.10. The molecule has 0 aliphatic heterocycles. The fraction of sp³-hybridized carbons (Fsp3) is 0.400. The number of aryl methyl sites for hydroxylation is 1. The smallest absolute Gasteiger partial charge is 0.362 e. The fourth-order valence-corrected chi connectivity index (χ4v) is 2.28. The van der Waals surface area contributed by atoms with Gasteiger partial charge in [-0.1, -0.05) is 29.8 Å². The van der Waals surface area contributed by atoms with E-state index < -0.39 is 13.4 Å². The number of hydrogen-bond donors (Lipinski definition) is 1. The van der Waals surface area contributed by atoms with Crippen LogP contribution >= 0.6 is 7.60 Å². The zero-order valence-electron chi connectivity index (χ0n) is 9.01. The molecule has 0 aromatic heterocycles. The Morgan fingerprint density at radius 1 is 1.20 bits per heavy atom. The van der Waals surface area contributed by atoms with E-state index in [1.807, 2.05) is 19.1 Å². The molecule has 4 nitrogen and oxygen atoms in total. The average molecular weight is 230 g/mol. The van der Waals surface area contributed by atoms with Crippen LogP contribution in [0.1, 0.15) is 17.0 Å². The quantitative estimate of drug-likeness (QED) is 0.807. The second-order valence-electron chi connectivity index (χ2n) is 3.19. The summed E-state index contributed by atoms with van der Waals surface area (Å²) in [5.74, 6) is -1.24. The predicted octanol–water partition coefficient (Wildman–Crippen LogP) is 2.47. The van der Waals surface area contributed by atoms with Crippen molar-refractivity contribution in [3.8, 4) is 0 Å². The number of aliphatic hydroxyl groups is 1. The van der Waals surface area contributed by atoms with Crippen molar-refractivity contribution in [2.75, 3.05) is 14.2 Å². The third kappa shape index (κ3) is 2.67. The van der Waals surface area contributed by atoms with Gasteiger partial charge >= 0.3 is 7.60 Å². The summed E-state index contributed by atoms with van der Waals surface area (Å²) in [4.78, 5) is 0. The van der Waals surface area contributed by atoms with Gasteiger partial charge in [-0.15, -0.1) is 0 Å². The monoisotopic (exact) mass is 230 g/mol. The summed E-state index contributed by atoms with van der Waals surface area (Å²) in [5.41, 5.74) is 1.59. The number of hydrogen-bond acceptors (Lipinski definition) is 4. The first-order chi connectivity index (χ1) is 7.03. The van der Waals surface area contributed by atoms with Gasteiger partial charge in [0.25, 0.3) is 0 Å². The maximum absolute atomic E-state index is 11.8. The van der Waals surface area contributed by atoms with Crippen LogP contribution in [0.4, 0.5) is 0 Å². The first kappa shape index (κ1) is 12.4. The van der Waals surface area contributed by atoms with Crippen LogP contribution in [-0.2, 0) is 13.6 Å². The van der Waals surface area contributed by atoms with Crippen LogP contribution in [0.2, 0.25) is 0 Å². The summed E-state index contributed by atoms with van der Waals surface area (Å²) in [6, 6.07) is 7.05. The van der Waals surface area contributed by atoms with Crippen LogP contribution in [0.5, 0.6) is 0 Å². The maximum Gasteiger partial charge on any atom is 0.362 e. The van der Waals surface area contributed by atoms with Crippen molar-refractivity contribution in [2.24, 2.45) is 0 Å². The summed E-state index contributed by atoms with van der Waals surface area (Å²) < 4.78 is 21.3. The third-order valence-electron chi connectivity index (χ3n) is 2.18. The van der Waals surface area contributed by atoms with Crippen LogP contribution in [0.15, 0.2) is 24.3 Å². The second-order valence-corrected chi connectivity index (χ2v) is 5.49. The highest BCUT2D eigenvalue weighted by molar-refractivity contribution is 7.53. The van der Waals surface area contributed by atoms with E-state index in [4.69, 9.17) is 9.05 Å². The zero-order valence-corrected chi connectivity index (χ0v) is 9.90. The Bertz CT molecular complexity index is 352. The van der Waals surface area contributed by atoms with Crippen molar-refractivity contribution in [1.82, 2.24) is 0 Å². The second kappa shape index (κ2) is 4.90. The van der Waals surface area contributed by atoms with Gasteiger partial charge in [-0.3, -0.25) is 4.57 Å². The normalized spacial score (nSPS) is 13.9. The molecule has 0 bridgehead atoms. The van der Waals surface area contributed by atoms with E-state index in [2.05, 4.69) is 0 Å². The van der Waals surface area contributed by atoms with E-state index in [0.717, 1.165) is 5.56 Å². The minimum atomic E-state index is -3.45. The summed E-state index contributed by atoms with van der Waals surface area (Å²) >= 11 is 0. The van der Waals surface area contributed by atoms with Crippen molar-refractivity contribution in [1.29, 1.82) is 0 Å². The minimum Gasteiger partial charge on any atom is -0.376 e. The molecule has 84 valence electrons. The van der Waals surface area contributed by atoms with E-state index in [-0.39, 0.29) is 0 Å². The van der Waals surface area contributed by atoms with Gasteiger partial charge in [0.05, 0.1) is 0 Å². The number of benzene rings is 1. The van der Waals surface area contributed by atoms with Crippen LogP contribution in [0, 0.1) is 6.92 Å². The molecule has 15 heavy (non-hydrogen) atoms. The molecule has 1 atom stereocenters. The van der Waals surface area contributed by atoms with Crippen LogP contribution in [0.3, 0.4) is 0 Å². The molecular weight excluding hydrogens is 215 g/mol. The molecule has 0 spiro atoms. The molecule has 0 saturated heterocycles. The van der Waals surface area contributed by atoms with Gasteiger partial charge < -0.3 is 14.2 Å². The fourth-order valence-electron chi connectivity index (χ4n) is 1.20. The van der Waals surface area contributed by atoms with Crippen molar-refractivity contribution < 1.29 is 18.7 Å². The van der Waals surface area contributed by atoms with Crippen molar-refractivity contribution in [3.05, 3.63) is 35.4 Å². The predicted molar refractivity (Wildman–Crippen MR) is 57.8 cm³/mol. The Hall–Kier alpha value is -0.670. The van der Waals surface area contributed by atoms with Gasteiger partial charge in [-0.25, -0.2) is 0 Å². The van der Waals surface area contributed by atoms with E-state index >= 15 is 0 Å². The molecule has 1 rings (SSSR count). The summed E-state index contributed by atoms with van der Waals surface area (Å²) in [6.45, 7) is 1.93. The molecule has 0 fully saturated rings. The van der Waals surface area contributed by atoms with Gasteiger partial charge in [-0.05, 0) is 12.5 Å². The Morgan fingerprint density at radius 3 is 2.07 bits per heavy atom. The molecule has 0 aliphatic rings.